The molecular weight excluding hydrogens is 210 g/mol. The Hall–Kier alpha value is -1.10. The first-order valence-corrected chi connectivity index (χ1v) is 5.31. The molecule has 0 aromatic carbocycles. The predicted octanol–water partition coefficient (Wildman–Crippen LogP) is 1.21. The Morgan fingerprint density at radius 3 is 2.44 bits per heavy atom. The van der Waals surface area contributed by atoms with Crippen molar-refractivity contribution in [2.24, 2.45) is 0 Å². The van der Waals surface area contributed by atoms with E-state index in [0.717, 1.165) is 6.29 Å². The summed E-state index contributed by atoms with van der Waals surface area (Å²) in [5, 5.41) is 0. The first-order valence-electron chi connectivity index (χ1n) is 5.31. The standard InChI is InChI=1S/C11H19NO4/c1-10(2,3)16-9(14)12-6-5-11(7-12,8-13)15-4/h8H,5-7H2,1-4H3. The van der Waals surface area contributed by atoms with Crippen LogP contribution in [0.15, 0.2) is 0 Å². The van der Waals surface area contributed by atoms with E-state index in [0.29, 0.717) is 13.0 Å². The lowest BCUT2D eigenvalue weighted by atomic mass is 10.1. The van der Waals surface area contributed by atoms with E-state index in [9.17, 15) is 9.59 Å². The summed E-state index contributed by atoms with van der Waals surface area (Å²) in [5.41, 5.74) is -1.37. The summed E-state index contributed by atoms with van der Waals surface area (Å²) in [4.78, 5) is 24.1. The van der Waals surface area contributed by atoms with Crippen LogP contribution >= 0.6 is 0 Å². The Kier molecular flexibility index (Phi) is 3.57. The van der Waals surface area contributed by atoms with Crippen molar-refractivity contribution in [2.75, 3.05) is 20.2 Å². The molecular formula is C11H19NO4. The van der Waals surface area contributed by atoms with E-state index >= 15 is 0 Å². The summed E-state index contributed by atoms with van der Waals surface area (Å²) >= 11 is 0. The maximum atomic E-state index is 11.7. The zero-order chi connectivity index (χ0) is 12.4. The van der Waals surface area contributed by atoms with Gasteiger partial charge in [0.15, 0.2) is 6.29 Å². The number of likely N-dealkylation sites (tertiary alicyclic amines) is 1. The smallest absolute Gasteiger partial charge is 0.410 e. The second kappa shape index (κ2) is 4.41. The Balaban J connectivity index is 2.59. The van der Waals surface area contributed by atoms with Crippen LogP contribution in [-0.2, 0) is 14.3 Å². The van der Waals surface area contributed by atoms with Crippen molar-refractivity contribution >= 4 is 12.4 Å². The number of methoxy groups -OCH3 is 1. The minimum Gasteiger partial charge on any atom is -0.444 e. The van der Waals surface area contributed by atoms with E-state index in [1.807, 2.05) is 20.8 Å². The van der Waals surface area contributed by atoms with Crippen molar-refractivity contribution in [3.63, 3.8) is 0 Å². The number of nitrogens with zero attached hydrogens (tertiary/aromatic N) is 1. The van der Waals surface area contributed by atoms with Gasteiger partial charge in [0.2, 0.25) is 0 Å². The Morgan fingerprint density at radius 1 is 1.44 bits per heavy atom. The summed E-state index contributed by atoms with van der Waals surface area (Å²) in [7, 11) is 1.48. The highest BCUT2D eigenvalue weighted by molar-refractivity contribution is 5.72. The quantitative estimate of drug-likeness (QED) is 0.668. The molecule has 0 saturated carbocycles. The van der Waals surface area contributed by atoms with Crippen LogP contribution in [0.1, 0.15) is 27.2 Å². The number of ether oxygens (including phenoxy) is 2. The van der Waals surface area contributed by atoms with E-state index in [1.165, 1.54) is 12.0 Å². The first-order chi connectivity index (χ1) is 7.32. The van der Waals surface area contributed by atoms with Crippen molar-refractivity contribution in [1.29, 1.82) is 0 Å². The van der Waals surface area contributed by atoms with Gasteiger partial charge in [-0.3, -0.25) is 0 Å². The van der Waals surface area contributed by atoms with Crippen molar-refractivity contribution in [1.82, 2.24) is 4.90 Å². The lowest BCUT2D eigenvalue weighted by molar-refractivity contribution is -0.126. The van der Waals surface area contributed by atoms with Crippen LogP contribution in [0.3, 0.4) is 0 Å². The summed E-state index contributed by atoms with van der Waals surface area (Å²) in [6, 6.07) is 0. The van der Waals surface area contributed by atoms with E-state index in [-0.39, 0.29) is 6.54 Å². The SMILES string of the molecule is COC1(C=O)CCN(C(=O)OC(C)(C)C)C1. The van der Waals surface area contributed by atoms with Gasteiger partial charge in [0.25, 0.3) is 0 Å². The molecule has 0 radical (unpaired) electrons. The van der Waals surface area contributed by atoms with Gasteiger partial charge >= 0.3 is 6.09 Å². The highest BCUT2D eigenvalue weighted by Gasteiger charge is 2.41. The molecule has 5 nitrogen and oxygen atoms in total. The predicted molar refractivity (Wildman–Crippen MR) is 58.2 cm³/mol. The fourth-order valence-electron chi connectivity index (χ4n) is 1.60. The van der Waals surface area contributed by atoms with E-state index in [1.54, 1.807) is 0 Å². The number of carbonyl (C=O) groups is 2. The fraction of sp³-hybridized carbons (Fsp3) is 0.818. The van der Waals surface area contributed by atoms with Crippen LogP contribution < -0.4 is 0 Å². The molecule has 92 valence electrons. The van der Waals surface area contributed by atoms with Crippen LogP contribution in [0, 0.1) is 0 Å². The van der Waals surface area contributed by atoms with Crippen molar-refractivity contribution in [3.8, 4) is 0 Å². The Morgan fingerprint density at radius 2 is 2.06 bits per heavy atom. The van der Waals surface area contributed by atoms with E-state index in [4.69, 9.17) is 9.47 Å². The molecule has 1 fully saturated rings. The van der Waals surface area contributed by atoms with Crippen LogP contribution in [0.4, 0.5) is 4.79 Å². The fourth-order valence-corrected chi connectivity index (χ4v) is 1.60. The van der Waals surface area contributed by atoms with E-state index in [2.05, 4.69) is 0 Å². The maximum Gasteiger partial charge on any atom is 0.410 e. The first kappa shape index (κ1) is 13.0. The second-order valence-corrected chi connectivity index (χ2v) is 5.04. The van der Waals surface area contributed by atoms with Gasteiger partial charge in [-0.2, -0.15) is 0 Å². The van der Waals surface area contributed by atoms with Crippen LogP contribution in [0.2, 0.25) is 0 Å². The van der Waals surface area contributed by atoms with Gasteiger partial charge in [-0.15, -0.1) is 0 Å². The molecule has 1 aliphatic heterocycles. The summed E-state index contributed by atoms with van der Waals surface area (Å²) < 4.78 is 10.4. The third kappa shape index (κ3) is 2.95. The molecule has 1 atom stereocenters. The molecule has 1 amide bonds. The van der Waals surface area contributed by atoms with Gasteiger partial charge in [-0.1, -0.05) is 0 Å². The van der Waals surface area contributed by atoms with Crippen molar-refractivity contribution in [3.05, 3.63) is 0 Å². The minimum absolute atomic E-state index is 0.266. The molecule has 0 N–H and O–H groups in total. The highest BCUT2D eigenvalue weighted by Crippen LogP contribution is 2.24. The molecule has 16 heavy (non-hydrogen) atoms. The number of carbonyl (C=O) groups excluding carboxylic acids is 2. The highest BCUT2D eigenvalue weighted by atomic mass is 16.6. The van der Waals surface area contributed by atoms with Gasteiger partial charge in [0.05, 0.1) is 6.54 Å². The van der Waals surface area contributed by atoms with Gasteiger partial charge in [-0.05, 0) is 20.8 Å². The van der Waals surface area contributed by atoms with Gasteiger partial charge < -0.3 is 19.2 Å². The molecule has 1 saturated heterocycles. The van der Waals surface area contributed by atoms with Gasteiger partial charge in [-0.25, -0.2) is 4.79 Å². The minimum atomic E-state index is -0.850. The van der Waals surface area contributed by atoms with Crippen LogP contribution in [0.25, 0.3) is 0 Å². The molecule has 1 unspecified atom stereocenters. The molecule has 1 rings (SSSR count). The summed E-state index contributed by atoms with van der Waals surface area (Å²) in [6.07, 6.45) is 0.886. The van der Waals surface area contributed by atoms with Crippen molar-refractivity contribution < 1.29 is 19.1 Å². The molecule has 0 aromatic heterocycles. The lowest BCUT2D eigenvalue weighted by Gasteiger charge is -2.25. The maximum absolute atomic E-state index is 11.7. The number of rotatable bonds is 2. The second-order valence-electron chi connectivity index (χ2n) is 5.04. The number of aldehydes is 1. The number of hydrogen-bond acceptors (Lipinski definition) is 4. The van der Waals surface area contributed by atoms with Gasteiger partial charge in [0.1, 0.15) is 11.2 Å². The normalized spacial score (nSPS) is 25.6. The van der Waals surface area contributed by atoms with Crippen molar-refractivity contribution in [2.45, 2.75) is 38.4 Å². The number of amides is 1. The zero-order valence-electron chi connectivity index (χ0n) is 10.3. The molecule has 1 heterocycles. The monoisotopic (exact) mass is 229 g/mol. The molecule has 0 bridgehead atoms. The molecule has 0 aromatic rings. The largest absolute Gasteiger partial charge is 0.444 e. The van der Waals surface area contributed by atoms with Crippen LogP contribution in [0.5, 0.6) is 0 Å². The summed E-state index contributed by atoms with van der Waals surface area (Å²) in [5.74, 6) is 0. The molecule has 0 spiro atoms. The molecule has 1 aliphatic rings. The zero-order valence-corrected chi connectivity index (χ0v) is 10.3. The Bertz CT molecular complexity index is 284. The lowest BCUT2D eigenvalue weighted by Crippen LogP contribution is -2.41. The average molecular weight is 229 g/mol. The average Bonchev–Trinajstić information content (AvgIpc) is 2.60. The van der Waals surface area contributed by atoms with E-state index < -0.39 is 17.3 Å². The topological polar surface area (TPSA) is 55.8 Å². The number of hydrogen-bond donors (Lipinski definition) is 0. The summed E-state index contributed by atoms with van der Waals surface area (Å²) in [6.45, 7) is 6.18. The Labute approximate surface area is 95.7 Å². The third-order valence-electron chi connectivity index (χ3n) is 2.54. The third-order valence-corrected chi connectivity index (χ3v) is 2.54. The molecule has 0 aliphatic carbocycles. The van der Waals surface area contributed by atoms with Crippen LogP contribution in [-0.4, -0.2) is 48.7 Å². The molecule has 5 heteroatoms. The van der Waals surface area contributed by atoms with Gasteiger partial charge in [0, 0.05) is 20.1 Å².